The molecule has 0 aliphatic heterocycles. The number of nitrogens with zero attached hydrogens (tertiary/aromatic N) is 3. The third-order valence-corrected chi connectivity index (χ3v) is 4.46. The first-order valence-corrected chi connectivity index (χ1v) is 7.18. The van der Waals surface area contributed by atoms with Crippen LogP contribution in [0.3, 0.4) is 0 Å². The lowest BCUT2D eigenvalue weighted by atomic mass is 10.1. The van der Waals surface area contributed by atoms with Gasteiger partial charge in [0.2, 0.25) is 0 Å². The second-order valence-corrected chi connectivity index (χ2v) is 6.15. The summed E-state index contributed by atoms with van der Waals surface area (Å²) >= 11 is 13.9. The van der Waals surface area contributed by atoms with Crippen LogP contribution < -0.4 is 0 Å². The van der Waals surface area contributed by atoms with Gasteiger partial charge in [0.25, 0.3) is 0 Å². The SMILES string of the molecule is Cc1ncc(-c2nc(Cl)c3ccc(Cl)c(C)c3n2)s1. The van der Waals surface area contributed by atoms with E-state index in [1.807, 2.05) is 26.0 Å². The molecule has 0 amide bonds. The number of hydrogen-bond donors (Lipinski definition) is 0. The number of rotatable bonds is 1. The Kier molecular flexibility index (Phi) is 3.17. The molecule has 19 heavy (non-hydrogen) atoms. The van der Waals surface area contributed by atoms with Crippen molar-refractivity contribution in [2.24, 2.45) is 0 Å². The minimum atomic E-state index is 0.436. The van der Waals surface area contributed by atoms with Gasteiger partial charge in [-0.3, -0.25) is 0 Å². The second-order valence-electron chi connectivity index (χ2n) is 4.15. The van der Waals surface area contributed by atoms with Crippen molar-refractivity contribution in [1.82, 2.24) is 15.0 Å². The summed E-state index contributed by atoms with van der Waals surface area (Å²) in [6, 6.07) is 3.65. The number of benzene rings is 1. The molecule has 0 aliphatic carbocycles. The zero-order valence-electron chi connectivity index (χ0n) is 10.2. The van der Waals surface area contributed by atoms with Crippen LogP contribution in [-0.2, 0) is 0 Å². The average molecular weight is 310 g/mol. The first-order valence-electron chi connectivity index (χ1n) is 5.61. The predicted molar refractivity (Wildman–Crippen MR) is 80.1 cm³/mol. The quantitative estimate of drug-likeness (QED) is 0.613. The summed E-state index contributed by atoms with van der Waals surface area (Å²) in [5.74, 6) is 0.591. The van der Waals surface area contributed by atoms with Gasteiger partial charge in [0, 0.05) is 16.6 Å². The summed E-state index contributed by atoms with van der Waals surface area (Å²) in [6.45, 7) is 3.87. The van der Waals surface area contributed by atoms with Crippen LogP contribution in [0.2, 0.25) is 10.2 Å². The Balaban J connectivity index is 2.31. The normalized spacial score (nSPS) is 11.2. The van der Waals surface area contributed by atoms with Crippen LogP contribution in [0.15, 0.2) is 18.3 Å². The molecule has 2 heterocycles. The molecule has 0 fully saturated rings. The van der Waals surface area contributed by atoms with Crippen LogP contribution in [0.4, 0.5) is 0 Å². The van der Waals surface area contributed by atoms with Crippen molar-refractivity contribution in [3.8, 4) is 10.7 Å². The van der Waals surface area contributed by atoms with Crippen LogP contribution in [0.1, 0.15) is 10.6 Å². The largest absolute Gasteiger partial charge is 0.249 e. The summed E-state index contributed by atoms with van der Waals surface area (Å²) in [7, 11) is 0. The lowest BCUT2D eigenvalue weighted by molar-refractivity contribution is 1.22. The molecule has 0 saturated carbocycles. The Hall–Kier alpha value is -1.23. The van der Waals surface area contributed by atoms with Gasteiger partial charge in [0.15, 0.2) is 5.82 Å². The number of fused-ring (bicyclic) bond motifs is 1. The molecule has 2 aromatic heterocycles. The highest BCUT2D eigenvalue weighted by Gasteiger charge is 2.12. The van der Waals surface area contributed by atoms with Crippen molar-refractivity contribution in [2.45, 2.75) is 13.8 Å². The Bertz CT molecular complexity index is 783. The lowest BCUT2D eigenvalue weighted by Crippen LogP contribution is -1.93. The van der Waals surface area contributed by atoms with Crippen LogP contribution in [0.25, 0.3) is 21.6 Å². The minimum absolute atomic E-state index is 0.436. The van der Waals surface area contributed by atoms with Crippen molar-refractivity contribution >= 4 is 45.4 Å². The maximum atomic E-state index is 6.23. The van der Waals surface area contributed by atoms with Gasteiger partial charge in [0.1, 0.15) is 5.15 Å². The van der Waals surface area contributed by atoms with Gasteiger partial charge in [-0.05, 0) is 31.5 Å². The number of aromatic nitrogens is 3. The van der Waals surface area contributed by atoms with Crippen molar-refractivity contribution in [2.75, 3.05) is 0 Å². The first-order chi connectivity index (χ1) is 9.06. The molecule has 0 radical (unpaired) electrons. The highest BCUT2D eigenvalue weighted by molar-refractivity contribution is 7.14. The zero-order valence-corrected chi connectivity index (χ0v) is 12.6. The first kappa shape index (κ1) is 12.8. The Labute approximate surface area is 124 Å². The summed E-state index contributed by atoms with van der Waals surface area (Å²) in [6.07, 6.45) is 1.76. The third kappa shape index (κ3) is 2.20. The third-order valence-electron chi connectivity index (χ3n) is 2.85. The molecule has 3 nitrogen and oxygen atoms in total. The van der Waals surface area contributed by atoms with Gasteiger partial charge in [-0.25, -0.2) is 15.0 Å². The summed E-state index contributed by atoms with van der Waals surface area (Å²) in [5, 5.41) is 2.89. The van der Waals surface area contributed by atoms with E-state index in [1.165, 1.54) is 0 Å². The number of hydrogen-bond acceptors (Lipinski definition) is 4. The Morgan fingerprint density at radius 2 is 1.89 bits per heavy atom. The standard InChI is InChI=1S/C13H9Cl2N3S/c1-6-9(14)4-3-8-11(6)17-13(18-12(8)15)10-5-16-7(2)19-10/h3-5H,1-2H3. The van der Waals surface area contributed by atoms with Crippen LogP contribution >= 0.6 is 34.5 Å². The maximum absolute atomic E-state index is 6.23. The molecular weight excluding hydrogens is 301 g/mol. The highest BCUT2D eigenvalue weighted by Crippen LogP contribution is 2.31. The van der Waals surface area contributed by atoms with Crippen molar-refractivity contribution in [1.29, 1.82) is 0 Å². The van der Waals surface area contributed by atoms with Gasteiger partial charge < -0.3 is 0 Å². The lowest BCUT2D eigenvalue weighted by Gasteiger charge is -2.06. The molecular formula is C13H9Cl2N3S. The molecule has 1 aromatic carbocycles. The topological polar surface area (TPSA) is 38.7 Å². The van der Waals surface area contributed by atoms with E-state index in [0.717, 1.165) is 26.4 Å². The van der Waals surface area contributed by atoms with Gasteiger partial charge in [-0.15, -0.1) is 11.3 Å². The van der Waals surface area contributed by atoms with Gasteiger partial charge >= 0.3 is 0 Å². The molecule has 0 unspecified atom stereocenters. The fourth-order valence-corrected chi connectivity index (χ4v) is 2.94. The number of aryl methyl sites for hydroxylation is 2. The van der Waals surface area contributed by atoms with E-state index < -0.39 is 0 Å². The van der Waals surface area contributed by atoms with Crippen molar-refractivity contribution < 1.29 is 0 Å². The predicted octanol–water partition coefficient (Wildman–Crippen LogP) is 4.68. The van der Waals surface area contributed by atoms with Gasteiger partial charge in [0.05, 0.1) is 15.4 Å². The van der Waals surface area contributed by atoms with Crippen LogP contribution in [0, 0.1) is 13.8 Å². The van der Waals surface area contributed by atoms with E-state index in [4.69, 9.17) is 23.2 Å². The van der Waals surface area contributed by atoms with Crippen LogP contribution in [0.5, 0.6) is 0 Å². The summed E-state index contributed by atoms with van der Waals surface area (Å²) in [5.41, 5.74) is 1.69. The molecule has 0 spiro atoms. The molecule has 3 rings (SSSR count). The van der Waals surface area contributed by atoms with Crippen LogP contribution in [-0.4, -0.2) is 15.0 Å². The monoisotopic (exact) mass is 309 g/mol. The second kappa shape index (κ2) is 4.71. The Morgan fingerprint density at radius 3 is 2.58 bits per heavy atom. The van der Waals surface area contributed by atoms with Crippen molar-refractivity contribution in [3.63, 3.8) is 0 Å². The Morgan fingerprint density at radius 1 is 1.11 bits per heavy atom. The van der Waals surface area contributed by atoms with Gasteiger partial charge in [-0.1, -0.05) is 23.2 Å². The average Bonchev–Trinajstić information content (AvgIpc) is 2.81. The van der Waals surface area contributed by atoms with E-state index in [1.54, 1.807) is 17.5 Å². The fourth-order valence-electron chi connectivity index (χ4n) is 1.85. The molecule has 3 aromatic rings. The highest BCUT2D eigenvalue weighted by atomic mass is 35.5. The smallest absolute Gasteiger partial charge is 0.173 e. The van der Waals surface area contributed by atoms with Crippen molar-refractivity contribution in [3.05, 3.63) is 39.1 Å². The molecule has 0 aliphatic rings. The van der Waals surface area contributed by atoms with E-state index in [0.29, 0.717) is 16.0 Å². The molecule has 0 saturated heterocycles. The molecule has 0 N–H and O–H groups in total. The van der Waals surface area contributed by atoms with Gasteiger partial charge in [-0.2, -0.15) is 0 Å². The fraction of sp³-hybridized carbons (Fsp3) is 0.154. The number of thiazole rings is 1. The zero-order chi connectivity index (χ0) is 13.6. The van der Waals surface area contributed by atoms with E-state index in [-0.39, 0.29) is 0 Å². The maximum Gasteiger partial charge on any atom is 0.173 e. The summed E-state index contributed by atoms with van der Waals surface area (Å²) in [4.78, 5) is 14.0. The minimum Gasteiger partial charge on any atom is -0.249 e. The van der Waals surface area contributed by atoms with E-state index in [9.17, 15) is 0 Å². The molecule has 0 atom stereocenters. The molecule has 0 bridgehead atoms. The van der Waals surface area contributed by atoms with E-state index >= 15 is 0 Å². The molecule has 96 valence electrons. The van der Waals surface area contributed by atoms with E-state index in [2.05, 4.69) is 15.0 Å². The number of halogens is 2. The molecule has 6 heteroatoms. The summed E-state index contributed by atoms with van der Waals surface area (Å²) < 4.78 is 0.